The first kappa shape index (κ1) is 16.4. The van der Waals surface area contributed by atoms with Crippen molar-refractivity contribution in [3.8, 4) is 0 Å². The lowest BCUT2D eigenvalue weighted by atomic mass is 10.1. The van der Waals surface area contributed by atoms with Crippen LogP contribution >= 0.6 is 0 Å². The Morgan fingerprint density at radius 1 is 0.958 bits per heavy atom. The highest BCUT2D eigenvalue weighted by atomic mass is 15.4. The van der Waals surface area contributed by atoms with E-state index in [1.54, 1.807) is 12.4 Å². The fraction of sp³-hybridized carbons (Fsp3) is 0.529. The zero-order valence-electron chi connectivity index (χ0n) is 14.4. The van der Waals surface area contributed by atoms with Crippen LogP contribution in [0.3, 0.4) is 0 Å². The molecule has 24 heavy (non-hydrogen) atoms. The van der Waals surface area contributed by atoms with Gasteiger partial charge in [0, 0.05) is 51.3 Å². The summed E-state index contributed by atoms with van der Waals surface area (Å²) in [4.78, 5) is 22.1. The van der Waals surface area contributed by atoms with Gasteiger partial charge in [-0.15, -0.1) is 0 Å². The van der Waals surface area contributed by atoms with Gasteiger partial charge in [-0.3, -0.25) is 0 Å². The molecule has 0 radical (unpaired) electrons. The summed E-state index contributed by atoms with van der Waals surface area (Å²) in [5.41, 5.74) is 0. The van der Waals surface area contributed by atoms with Gasteiger partial charge in [-0.1, -0.05) is 13.8 Å². The maximum absolute atomic E-state index is 4.64. The van der Waals surface area contributed by atoms with Crippen LogP contribution in [-0.4, -0.2) is 52.7 Å². The van der Waals surface area contributed by atoms with E-state index >= 15 is 0 Å². The Morgan fingerprint density at radius 3 is 2.25 bits per heavy atom. The highest BCUT2D eigenvalue weighted by molar-refractivity contribution is 5.43. The van der Waals surface area contributed by atoms with Crippen molar-refractivity contribution in [3.63, 3.8) is 0 Å². The minimum Gasteiger partial charge on any atom is -0.370 e. The van der Waals surface area contributed by atoms with Crippen LogP contribution in [-0.2, 0) is 0 Å². The number of nitrogens with one attached hydrogen (secondary N) is 1. The summed E-state index contributed by atoms with van der Waals surface area (Å²) in [5, 5.41) is 3.38. The minimum atomic E-state index is 0.687. The van der Waals surface area contributed by atoms with Gasteiger partial charge in [0.05, 0.1) is 0 Å². The first-order valence-electron chi connectivity index (χ1n) is 8.56. The van der Waals surface area contributed by atoms with Crippen molar-refractivity contribution in [2.45, 2.75) is 20.3 Å². The highest BCUT2D eigenvalue weighted by Crippen LogP contribution is 2.16. The van der Waals surface area contributed by atoms with Crippen molar-refractivity contribution >= 4 is 17.7 Å². The summed E-state index contributed by atoms with van der Waals surface area (Å²) in [7, 11) is 0. The molecule has 3 heterocycles. The third-order valence-electron chi connectivity index (χ3n) is 4.07. The lowest BCUT2D eigenvalue weighted by molar-refractivity contribution is 0.606. The summed E-state index contributed by atoms with van der Waals surface area (Å²) < 4.78 is 0. The van der Waals surface area contributed by atoms with Crippen molar-refractivity contribution in [2.75, 3.05) is 47.8 Å². The van der Waals surface area contributed by atoms with Crippen molar-refractivity contribution in [1.29, 1.82) is 0 Å². The van der Waals surface area contributed by atoms with Gasteiger partial charge in [0.15, 0.2) is 0 Å². The van der Waals surface area contributed by atoms with Crippen molar-refractivity contribution in [3.05, 3.63) is 30.7 Å². The van der Waals surface area contributed by atoms with Gasteiger partial charge in [0.1, 0.15) is 5.82 Å². The number of piperazine rings is 1. The van der Waals surface area contributed by atoms with Crippen LogP contribution in [0, 0.1) is 5.92 Å². The molecule has 0 aromatic carbocycles. The van der Waals surface area contributed by atoms with Crippen LogP contribution in [0.2, 0.25) is 0 Å². The third-order valence-corrected chi connectivity index (χ3v) is 4.07. The van der Waals surface area contributed by atoms with E-state index in [2.05, 4.69) is 48.9 Å². The highest BCUT2D eigenvalue weighted by Gasteiger charge is 2.20. The summed E-state index contributed by atoms with van der Waals surface area (Å²) in [5.74, 6) is 3.17. The number of hydrogen-bond donors (Lipinski definition) is 1. The average molecular weight is 327 g/mol. The number of aromatic nitrogens is 4. The number of hydrogen-bond acceptors (Lipinski definition) is 7. The molecule has 0 spiro atoms. The summed E-state index contributed by atoms with van der Waals surface area (Å²) in [6, 6.07) is 3.77. The lowest BCUT2D eigenvalue weighted by Crippen LogP contribution is -2.47. The van der Waals surface area contributed by atoms with Crippen LogP contribution in [0.25, 0.3) is 0 Å². The fourth-order valence-electron chi connectivity index (χ4n) is 2.65. The molecular formula is C17H25N7. The van der Waals surface area contributed by atoms with E-state index in [0.29, 0.717) is 5.92 Å². The second-order valence-electron chi connectivity index (χ2n) is 6.37. The van der Waals surface area contributed by atoms with Crippen molar-refractivity contribution in [2.24, 2.45) is 5.92 Å². The first-order chi connectivity index (χ1) is 11.7. The fourth-order valence-corrected chi connectivity index (χ4v) is 2.65. The molecule has 2 aromatic heterocycles. The van der Waals surface area contributed by atoms with Crippen LogP contribution in [0.4, 0.5) is 17.7 Å². The molecule has 0 bridgehead atoms. The Labute approximate surface area is 143 Å². The second-order valence-corrected chi connectivity index (χ2v) is 6.37. The Balaban J connectivity index is 1.56. The molecule has 0 saturated carbocycles. The first-order valence-corrected chi connectivity index (χ1v) is 8.56. The average Bonchev–Trinajstić information content (AvgIpc) is 2.63. The maximum Gasteiger partial charge on any atom is 0.227 e. The third kappa shape index (κ3) is 4.31. The molecular weight excluding hydrogens is 302 g/mol. The van der Waals surface area contributed by atoms with Crippen molar-refractivity contribution in [1.82, 2.24) is 19.9 Å². The normalized spacial score (nSPS) is 15.0. The van der Waals surface area contributed by atoms with Crippen molar-refractivity contribution < 1.29 is 0 Å². The smallest absolute Gasteiger partial charge is 0.227 e. The maximum atomic E-state index is 4.64. The van der Waals surface area contributed by atoms with Gasteiger partial charge < -0.3 is 15.1 Å². The Bertz CT molecular complexity index is 624. The van der Waals surface area contributed by atoms with Gasteiger partial charge in [0.25, 0.3) is 0 Å². The van der Waals surface area contributed by atoms with E-state index in [-0.39, 0.29) is 0 Å². The van der Waals surface area contributed by atoms with Gasteiger partial charge in [-0.25, -0.2) is 15.0 Å². The van der Waals surface area contributed by atoms with Crippen LogP contribution < -0.4 is 15.1 Å². The Morgan fingerprint density at radius 2 is 1.58 bits per heavy atom. The second kappa shape index (κ2) is 7.90. The van der Waals surface area contributed by atoms with Crippen LogP contribution in [0.5, 0.6) is 0 Å². The van der Waals surface area contributed by atoms with E-state index in [1.807, 2.05) is 18.3 Å². The van der Waals surface area contributed by atoms with E-state index in [9.17, 15) is 0 Å². The predicted molar refractivity (Wildman–Crippen MR) is 96.4 cm³/mol. The number of rotatable bonds is 6. The molecule has 0 unspecified atom stereocenters. The Hall–Kier alpha value is -2.44. The molecule has 1 aliphatic heterocycles. The minimum absolute atomic E-state index is 0.687. The molecule has 7 nitrogen and oxygen atoms in total. The van der Waals surface area contributed by atoms with Gasteiger partial charge in [-0.2, -0.15) is 4.98 Å². The molecule has 1 N–H and O–H groups in total. The monoisotopic (exact) mass is 327 g/mol. The zero-order chi connectivity index (χ0) is 16.8. The Kier molecular flexibility index (Phi) is 5.40. The lowest BCUT2D eigenvalue weighted by Gasteiger charge is -2.34. The molecule has 3 rings (SSSR count). The molecule has 7 heteroatoms. The molecule has 1 fully saturated rings. The molecule has 1 saturated heterocycles. The van der Waals surface area contributed by atoms with Gasteiger partial charge >= 0.3 is 0 Å². The number of nitrogens with zero attached hydrogens (tertiary/aromatic N) is 6. The summed E-state index contributed by atoms with van der Waals surface area (Å²) in [6.45, 7) is 8.87. The van der Waals surface area contributed by atoms with Gasteiger partial charge in [0.2, 0.25) is 11.9 Å². The van der Waals surface area contributed by atoms with E-state index in [4.69, 9.17) is 0 Å². The van der Waals surface area contributed by atoms with Crippen LogP contribution in [0.1, 0.15) is 20.3 Å². The zero-order valence-corrected chi connectivity index (χ0v) is 14.4. The molecule has 0 atom stereocenters. The molecule has 2 aromatic rings. The summed E-state index contributed by atoms with van der Waals surface area (Å²) >= 11 is 0. The quantitative estimate of drug-likeness (QED) is 0.870. The predicted octanol–water partition coefficient (Wildman–Crippen LogP) is 2.05. The van der Waals surface area contributed by atoms with E-state index < -0.39 is 0 Å². The topological polar surface area (TPSA) is 70.1 Å². The van der Waals surface area contributed by atoms with E-state index in [1.165, 1.54) is 0 Å². The molecule has 1 aliphatic rings. The SMILES string of the molecule is CC(C)CCNc1ccnc(N2CCN(c3ncccn3)CC2)n1. The molecule has 0 aliphatic carbocycles. The molecule has 128 valence electrons. The summed E-state index contributed by atoms with van der Waals surface area (Å²) in [6.07, 6.45) is 6.52. The van der Waals surface area contributed by atoms with Gasteiger partial charge in [-0.05, 0) is 24.5 Å². The van der Waals surface area contributed by atoms with Crippen LogP contribution in [0.15, 0.2) is 30.7 Å². The largest absolute Gasteiger partial charge is 0.370 e. The molecule has 0 amide bonds. The van der Waals surface area contributed by atoms with E-state index in [0.717, 1.165) is 56.9 Å². The number of anilines is 3. The standard InChI is InChI=1S/C17H25N7/c1-14(2)4-8-18-15-5-9-21-17(22-15)24-12-10-23(11-13-24)16-19-6-3-7-20-16/h3,5-7,9,14H,4,8,10-13H2,1-2H3,(H,18,21,22).